The van der Waals surface area contributed by atoms with E-state index >= 15 is 0 Å². The monoisotopic (exact) mass is 531 g/mol. The molecule has 2 atom stereocenters. The number of nitrogens with two attached hydrogens (primary N) is 1. The number of benzene rings is 3. The number of ether oxygens (including phenoxy) is 2. The number of amides is 3. The fourth-order valence-corrected chi connectivity index (χ4v) is 3.84. The van der Waals surface area contributed by atoms with Gasteiger partial charge < -0.3 is 25.6 Å². The first-order chi connectivity index (χ1) is 18.9. The number of aliphatic hydroxyl groups is 1. The van der Waals surface area contributed by atoms with Gasteiger partial charge >= 0.3 is 6.09 Å². The van der Waals surface area contributed by atoms with E-state index in [1.807, 2.05) is 6.92 Å². The molecule has 0 aliphatic heterocycles. The third-order valence-electron chi connectivity index (χ3n) is 5.83. The van der Waals surface area contributed by atoms with Crippen molar-refractivity contribution in [2.24, 2.45) is 5.92 Å². The van der Waals surface area contributed by atoms with Crippen LogP contribution in [0.15, 0.2) is 91.0 Å². The SMILES string of the molecule is C[C@H](CC/C=C/C(=O)Nc1ccccc1N)[C@H](OC(=O)NC(=O)c1ccccc1)c1cccc(OCCO)c1. The highest BCUT2D eigenvalue weighted by molar-refractivity contribution is 6.03. The Hall–Kier alpha value is -4.63. The van der Waals surface area contributed by atoms with Crippen LogP contribution in [0.2, 0.25) is 0 Å². The zero-order valence-corrected chi connectivity index (χ0v) is 21.7. The smallest absolute Gasteiger partial charge is 0.414 e. The van der Waals surface area contributed by atoms with Crippen LogP contribution in [0.1, 0.15) is 41.8 Å². The van der Waals surface area contributed by atoms with E-state index in [0.717, 1.165) is 0 Å². The summed E-state index contributed by atoms with van der Waals surface area (Å²) >= 11 is 0. The van der Waals surface area contributed by atoms with E-state index in [4.69, 9.17) is 20.3 Å². The third kappa shape index (κ3) is 9.32. The van der Waals surface area contributed by atoms with E-state index in [1.165, 1.54) is 6.08 Å². The maximum atomic E-state index is 12.7. The number of para-hydroxylation sites is 2. The summed E-state index contributed by atoms with van der Waals surface area (Å²) in [4.78, 5) is 37.4. The molecule has 3 aromatic carbocycles. The minimum atomic E-state index is -0.877. The molecule has 0 aromatic heterocycles. The Morgan fingerprint density at radius 1 is 1.00 bits per heavy atom. The molecule has 0 unspecified atom stereocenters. The van der Waals surface area contributed by atoms with Crippen LogP contribution in [-0.4, -0.2) is 36.2 Å². The molecule has 3 rings (SSSR count). The van der Waals surface area contributed by atoms with E-state index in [9.17, 15) is 14.4 Å². The molecule has 0 aliphatic carbocycles. The molecule has 0 heterocycles. The average Bonchev–Trinajstić information content (AvgIpc) is 2.94. The molecule has 0 radical (unpaired) electrons. The fraction of sp³-hybridized carbons (Fsp3) is 0.233. The number of anilines is 2. The molecule has 0 saturated carbocycles. The summed E-state index contributed by atoms with van der Waals surface area (Å²) in [6, 6.07) is 22.4. The van der Waals surface area contributed by atoms with E-state index in [1.54, 1.807) is 84.9 Å². The topological polar surface area (TPSA) is 140 Å². The average molecular weight is 532 g/mol. The number of rotatable bonds is 12. The van der Waals surface area contributed by atoms with Crippen LogP contribution in [0.4, 0.5) is 16.2 Å². The van der Waals surface area contributed by atoms with Crippen molar-refractivity contribution in [1.82, 2.24) is 5.32 Å². The molecular formula is C30H33N3O6. The first-order valence-corrected chi connectivity index (χ1v) is 12.6. The Morgan fingerprint density at radius 3 is 2.49 bits per heavy atom. The number of nitrogen functional groups attached to an aromatic ring is 1. The van der Waals surface area contributed by atoms with Crippen molar-refractivity contribution in [3.05, 3.63) is 102 Å². The predicted molar refractivity (Wildman–Crippen MR) is 149 cm³/mol. The van der Waals surface area contributed by atoms with Gasteiger partial charge in [-0.2, -0.15) is 0 Å². The van der Waals surface area contributed by atoms with Crippen LogP contribution < -0.4 is 21.1 Å². The maximum absolute atomic E-state index is 12.7. The highest BCUT2D eigenvalue weighted by Gasteiger charge is 2.25. The number of imide groups is 1. The molecule has 0 aliphatic rings. The van der Waals surface area contributed by atoms with Gasteiger partial charge in [0.05, 0.1) is 18.0 Å². The Balaban J connectivity index is 1.66. The summed E-state index contributed by atoms with van der Waals surface area (Å²) in [5, 5.41) is 14.1. The van der Waals surface area contributed by atoms with Gasteiger partial charge in [-0.1, -0.05) is 55.5 Å². The van der Waals surface area contributed by atoms with Gasteiger partial charge in [0.25, 0.3) is 5.91 Å². The molecule has 0 spiro atoms. The van der Waals surface area contributed by atoms with Crippen molar-refractivity contribution in [3.8, 4) is 5.75 Å². The fourth-order valence-electron chi connectivity index (χ4n) is 3.84. The molecule has 5 N–H and O–H groups in total. The standard InChI is InChI=1S/C30H33N3O6/c1-21(10-5-8-17-27(35)32-26-16-7-6-15-25(26)31)28(23-13-9-14-24(20-23)38-19-18-34)39-30(37)33-29(36)22-11-3-2-4-12-22/h2-4,6-9,11-17,20-21,28,34H,5,10,18-19,31H2,1H3,(H,32,35)(H,33,36,37)/b17-8+/t21-,28+/m1/s1. The van der Waals surface area contributed by atoms with Gasteiger partial charge in [-0.3, -0.25) is 14.9 Å². The second-order valence-corrected chi connectivity index (χ2v) is 8.82. The predicted octanol–water partition coefficient (Wildman–Crippen LogP) is 4.86. The van der Waals surface area contributed by atoms with Gasteiger partial charge in [0.2, 0.25) is 5.91 Å². The summed E-state index contributed by atoms with van der Waals surface area (Å²) in [6.45, 7) is 1.90. The summed E-state index contributed by atoms with van der Waals surface area (Å²) < 4.78 is 11.2. The van der Waals surface area contributed by atoms with Gasteiger partial charge in [-0.05, 0) is 66.8 Å². The lowest BCUT2D eigenvalue weighted by Crippen LogP contribution is -2.33. The van der Waals surface area contributed by atoms with Crippen LogP contribution in [0.25, 0.3) is 0 Å². The van der Waals surface area contributed by atoms with Gasteiger partial charge in [0, 0.05) is 5.56 Å². The van der Waals surface area contributed by atoms with E-state index < -0.39 is 18.1 Å². The molecule has 3 amide bonds. The van der Waals surface area contributed by atoms with E-state index in [-0.39, 0.29) is 25.0 Å². The Labute approximate surface area is 227 Å². The second kappa shape index (κ2) is 14.9. The summed E-state index contributed by atoms with van der Waals surface area (Å²) in [5.41, 5.74) is 7.87. The largest absolute Gasteiger partial charge is 0.491 e. The highest BCUT2D eigenvalue weighted by atomic mass is 16.6. The first-order valence-electron chi connectivity index (χ1n) is 12.6. The number of carbonyl (C=O) groups excluding carboxylic acids is 3. The molecule has 0 bridgehead atoms. The van der Waals surface area contributed by atoms with Crippen molar-refractivity contribution >= 4 is 29.3 Å². The molecule has 9 heteroatoms. The van der Waals surface area contributed by atoms with Crippen molar-refractivity contribution in [3.63, 3.8) is 0 Å². The first kappa shape index (κ1) is 28.9. The Morgan fingerprint density at radius 2 is 1.74 bits per heavy atom. The quantitative estimate of drug-likeness (QED) is 0.193. The third-order valence-corrected chi connectivity index (χ3v) is 5.83. The number of nitrogens with one attached hydrogen (secondary N) is 2. The van der Waals surface area contributed by atoms with Crippen LogP contribution in [-0.2, 0) is 9.53 Å². The number of carbonyl (C=O) groups is 3. The van der Waals surface area contributed by atoms with Gasteiger partial charge in [0.1, 0.15) is 18.5 Å². The lowest BCUT2D eigenvalue weighted by molar-refractivity contribution is -0.111. The molecule has 0 fully saturated rings. The zero-order valence-electron chi connectivity index (χ0n) is 21.7. The summed E-state index contributed by atoms with van der Waals surface area (Å²) in [5.74, 6) is -0.547. The summed E-state index contributed by atoms with van der Waals surface area (Å²) in [6.07, 6.45) is 2.69. The van der Waals surface area contributed by atoms with Crippen molar-refractivity contribution < 1.29 is 29.0 Å². The maximum Gasteiger partial charge on any atom is 0.414 e. The van der Waals surface area contributed by atoms with Gasteiger partial charge in [-0.25, -0.2) is 4.79 Å². The van der Waals surface area contributed by atoms with Crippen LogP contribution in [0.5, 0.6) is 5.75 Å². The minimum Gasteiger partial charge on any atom is -0.491 e. The van der Waals surface area contributed by atoms with Crippen molar-refractivity contribution in [2.45, 2.75) is 25.9 Å². The molecule has 0 saturated heterocycles. The molecular weight excluding hydrogens is 498 g/mol. The summed E-state index contributed by atoms with van der Waals surface area (Å²) in [7, 11) is 0. The Kier molecular flexibility index (Phi) is 11.1. The lowest BCUT2D eigenvalue weighted by Gasteiger charge is -2.25. The van der Waals surface area contributed by atoms with Crippen molar-refractivity contribution in [2.75, 3.05) is 24.3 Å². The number of alkyl carbamates (subject to hydrolysis) is 1. The van der Waals surface area contributed by atoms with Crippen LogP contribution in [0, 0.1) is 5.92 Å². The second-order valence-electron chi connectivity index (χ2n) is 8.82. The highest BCUT2D eigenvalue weighted by Crippen LogP contribution is 2.31. The van der Waals surface area contributed by atoms with Gasteiger partial charge in [0.15, 0.2) is 0 Å². The zero-order chi connectivity index (χ0) is 28.0. The van der Waals surface area contributed by atoms with E-state index in [2.05, 4.69) is 10.6 Å². The van der Waals surface area contributed by atoms with Crippen LogP contribution in [0.3, 0.4) is 0 Å². The number of allylic oxidation sites excluding steroid dienone is 1. The molecule has 39 heavy (non-hydrogen) atoms. The lowest BCUT2D eigenvalue weighted by atomic mass is 9.93. The Bertz CT molecular complexity index is 1280. The normalized spacial score (nSPS) is 12.4. The number of hydrogen-bond donors (Lipinski definition) is 4. The van der Waals surface area contributed by atoms with Gasteiger partial charge in [-0.15, -0.1) is 0 Å². The van der Waals surface area contributed by atoms with E-state index in [0.29, 0.717) is 41.1 Å². The number of aliphatic hydroxyl groups excluding tert-OH is 1. The molecule has 3 aromatic rings. The minimum absolute atomic E-state index is 0.123. The molecule has 9 nitrogen and oxygen atoms in total. The number of hydrogen-bond acceptors (Lipinski definition) is 7. The van der Waals surface area contributed by atoms with Crippen LogP contribution >= 0.6 is 0 Å². The molecule has 204 valence electrons. The van der Waals surface area contributed by atoms with Crippen molar-refractivity contribution in [1.29, 1.82) is 0 Å².